The number of nitrogens with one attached hydrogen (secondary N) is 1. The van der Waals surface area contributed by atoms with Gasteiger partial charge in [0.2, 0.25) is 5.91 Å². The summed E-state index contributed by atoms with van der Waals surface area (Å²) < 4.78 is 3.93. The summed E-state index contributed by atoms with van der Waals surface area (Å²) in [7, 11) is 1.89. The Kier molecular flexibility index (Phi) is 7.23. The maximum atomic E-state index is 12.7. The van der Waals surface area contributed by atoms with E-state index in [1.165, 1.54) is 28.1 Å². The van der Waals surface area contributed by atoms with Crippen LogP contribution in [0.25, 0.3) is 32.4 Å². The van der Waals surface area contributed by atoms with Crippen LogP contribution in [0.1, 0.15) is 5.56 Å². The number of anilines is 2. The number of fused-ring (bicyclic) bond motifs is 2. The van der Waals surface area contributed by atoms with Gasteiger partial charge in [-0.25, -0.2) is 4.98 Å². The Hall–Kier alpha value is -3.86. The third-order valence-corrected chi connectivity index (χ3v) is 9.45. The normalized spacial score (nSPS) is 11.3. The fourth-order valence-electron chi connectivity index (χ4n) is 4.25. The maximum Gasteiger partial charge on any atom is 0.234 e. The summed E-state index contributed by atoms with van der Waals surface area (Å²) in [6.45, 7) is 0. The van der Waals surface area contributed by atoms with Crippen LogP contribution in [0.5, 0.6) is 0 Å². The quantitative estimate of drug-likeness (QED) is 0.153. The minimum absolute atomic E-state index is 0.105. The van der Waals surface area contributed by atoms with Crippen LogP contribution in [0, 0.1) is 0 Å². The molecule has 2 aromatic heterocycles. The average molecular weight is 569 g/mol. The van der Waals surface area contributed by atoms with Crippen LogP contribution in [0.3, 0.4) is 0 Å². The van der Waals surface area contributed by atoms with E-state index in [-0.39, 0.29) is 11.7 Å². The van der Waals surface area contributed by atoms with E-state index in [0.717, 1.165) is 37.4 Å². The van der Waals surface area contributed by atoms with Crippen molar-refractivity contribution >= 4 is 73.1 Å². The second kappa shape index (κ2) is 11.1. The van der Waals surface area contributed by atoms with Crippen molar-refractivity contribution in [3.05, 3.63) is 90.5 Å². The molecule has 0 unspecified atom stereocenters. The second-order valence-electron chi connectivity index (χ2n) is 8.91. The molecule has 10 heteroatoms. The molecule has 2 heterocycles. The van der Waals surface area contributed by atoms with Crippen molar-refractivity contribution in [2.24, 2.45) is 7.05 Å². The lowest BCUT2D eigenvalue weighted by molar-refractivity contribution is -0.113. The Morgan fingerprint density at radius 3 is 2.67 bits per heavy atom. The fraction of sp³-hybridized carbons (Fsp3) is 0.103. The van der Waals surface area contributed by atoms with E-state index in [1.807, 2.05) is 54.1 Å². The van der Waals surface area contributed by atoms with Crippen molar-refractivity contribution in [3.63, 3.8) is 0 Å². The van der Waals surface area contributed by atoms with Crippen LogP contribution in [-0.4, -0.2) is 31.4 Å². The van der Waals surface area contributed by atoms with Gasteiger partial charge in [0, 0.05) is 29.7 Å². The standard InChI is InChI=1S/C29H24N6OS3/c1-35-27(19-9-11-21(30)12-10-19)33-34-28(35)37-17-26(36)31-22-13-14-24-25(15-22)39-29(32-24)38-16-20-7-4-6-18-5-2-3-8-23(18)20/h2-15H,16-17,30H2,1H3,(H,31,36). The molecular formula is C29H24N6OS3. The van der Waals surface area contributed by atoms with E-state index in [0.29, 0.717) is 10.8 Å². The minimum Gasteiger partial charge on any atom is -0.399 e. The largest absolute Gasteiger partial charge is 0.399 e. The Morgan fingerprint density at radius 2 is 1.79 bits per heavy atom. The summed E-state index contributed by atoms with van der Waals surface area (Å²) in [5.74, 6) is 1.69. The highest BCUT2D eigenvalue weighted by Gasteiger charge is 2.14. The number of rotatable bonds is 8. The average Bonchev–Trinajstić information content (AvgIpc) is 3.53. The number of thiazole rings is 1. The van der Waals surface area contributed by atoms with Gasteiger partial charge in [0.15, 0.2) is 15.3 Å². The number of amides is 1. The van der Waals surface area contributed by atoms with E-state index in [9.17, 15) is 4.79 Å². The molecule has 39 heavy (non-hydrogen) atoms. The van der Waals surface area contributed by atoms with Gasteiger partial charge in [0.1, 0.15) is 0 Å². The number of nitrogens with two attached hydrogens (primary N) is 1. The van der Waals surface area contributed by atoms with Crippen LogP contribution in [0.4, 0.5) is 11.4 Å². The van der Waals surface area contributed by atoms with Crippen LogP contribution in [-0.2, 0) is 17.6 Å². The zero-order valence-electron chi connectivity index (χ0n) is 21.0. The molecule has 0 fully saturated rings. The van der Waals surface area contributed by atoms with Gasteiger partial charge >= 0.3 is 0 Å². The number of nitrogens with zero attached hydrogens (tertiary/aromatic N) is 4. The smallest absolute Gasteiger partial charge is 0.234 e. The molecule has 0 bridgehead atoms. The first-order valence-corrected chi connectivity index (χ1v) is 15.0. The van der Waals surface area contributed by atoms with Gasteiger partial charge < -0.3 is 15.6 Å². The molecule has 194 valence electrons. The predicted octanol–water partition coefficient (Wildman–Crippen LogP) is 6.85. The summed E-state index contributed by atoms with van der Waals surface area (Å²) in [6, 6.07) is 28.2. The monoisotopic (exact) mass is 568 g/mol. The fourth-order valence-corrected chi connectivity index (χ4v) is 7.07. The highest BCUT2D eigenvalue weighted by molar-refractivity contribution is 8.00. The molecule has 0 saturated carbocycles. The van der Waals surface area contributed by atoms with Crippen LogP contribution in [0.15, 0.2) is 94.4 Å². The molecule has 0 aliphatic rings. The number of aromatic nitrogens is 4. The van der Waals surface area contributed by atoms with Crippen molar-refractivity contribution in [1.29, 1.82) is 0 Å². The van der Waals surface area contributed by atoms with Crippen molar-refractivity contribution in [2.75, 3.05) is 16.8 Å². The van der Waals surface area contributed by atoms with Crippen LogP contribution >= 0.6 is 34.9 Å². The summed E-state index contributed by atoms with van der Waals surface area (Å²) >= 11 is 4.73. The highest BCUT2D eigenvalue weighted by Crippen LogP contribution is 2.34. The van der Waals surface area contributed by atoms with E-state index in [4.69, 9.17) is 10.7 Å². The Morgan fingerprint density at radius 1 is 0.974 bits per heavy atom. The summed E-state index contributed by atoms with van der Waals surface area (Å²) in [5.41, 5.74) is 10.4. The Labute approximate surface area is 237 Å². The Bertz CT molecular complexity index is 1790. The maximum absolute atomic E-state index is 12.7. The van der Waals surface area contributed by atoms with E-state index in [2.05, 4.69) is 58.0 Å². The molecule has 0 saturated heterocycles. The zero-order chi connectivity index (χ0) is 26.8. The molecule has 7 nitrogen and oxygen atoms in total. The number of thioether (sulfide) groups is 2. The number of hydrogen-bond donors (Lipinski definition) is 2. The molecular weight excluding hydrogens is 545 g/mol. The lowest BCUT2D eigenvalue weighted by Gasteiger charge is -2.06. The highest BCUT2D eigenvalue weighted by atomic mass is 32.2. The molecule has 0 atom stereocenters. The SMILES string of the molecule is Cn1c(SCC(=O)Nc2ccc3nc(SCc4cccc5ccccc45)sc3c2)nnc1-c1ccc(N)cc1. The predicted molar refractivity (Wildman–Crippen MR) is 163 cm³/mol. The van der Waals surface area contributed by atoms with Gasteiger partial charge in [-0.15, -0.1) is 21.5 Å². The van der Waals surface area contributed by atoms with Crippen molar-refractivity contribution in [2.45, 2.75) is 15.2 Å². The molecule has 3 N–H and O–H groups in total. The zero-order valence-corrected chi connectivity index (χ0v) is 23.4. The van der Waals surface area contributed by atoms with E-state index in [1.54, 1.807) is 23.1 Å². The number of hydrogen-bond acceptors (Lipinski definition) is 8. The van der Waals surface area contributed by atoms with Crippen LogP contribution < -0.4 is 11.1 Å². The minimum atomic E-state index is -0.105. The first-order chi connectivity index (χ1) is 19.0. The molecule has 0 spiro atoms. The molecule has 4 aromatic carbocycles. The van der Waals surface area contributed by atoms with Gasteiger partial charge in [0.25, 0.3) is 0 Å². The number of carbonyl (C=O) groups excluding carboxylic acids is 1. The summed E-state index contributed by atoms with van der Waals surface area (Å²) in [5, 5.41) is 14.7. The summed E-state index contributed by atoms with van der Waals surface area (Å²) in [4.78, 5) is 17.5. The molecule has 6 rings (SSSR count). The van der Waals surface area contributed by atoms with Gasteiger partial charge in [0.05, 0.1) is 16.0 Å². The molecule has 6 aromatic rings. The van der Waals surface area contributed by atoms with Gasteiger partial charge in [-0.05, 0) is 58.8 Å². The number of carbonyl (C=O) groups is 1. The lowest BCUT2D eigenvalue weighted by Crippen LogP contribution is -2.14. The van der Waals surface area contributed by atoms with Crippen molar-refractivity contribution < 1.29 is 4.79 Å². The molecule has 0 aliphatic heterocycles. The topological polar surface area (TPSA) is 98.7 Å². The number of benzene rings is 4. The van der Waals surface area contributed by atoms with Crippen molar-refractivity contribution in [1.82, 2.24) is 19.7 Å². The second-order valence-corrected chi connectivity index (χ2v) is 12.1. The van der Waals surface area contributed by atoms with E-state index >= 15 is 0 Å². The first-order valence-electron chi connectivity index (χ1n) is 12.2. The molecule has 1 amide bonds. The summed E-state index contributed by atoms with van der Waals surface area (Å²) in [6.07, 6.45) is 0. The number of nitrogen functional groups attached to an aromatic ring is 1. The lowest BCUT2D eigenvalue weighted by atomic mass is 10.1. The molecule has 0 aliphatic carbocycles. The first kappa shape index (κ1) is 25.4. The van der Waals surface area contributed by atoms with Gasteiger partial charge in [-0.1, -0.05) is 66.0 Å². The third-order valence-electron chi connectivity index (χ3n) is 6.22. The Balaban J connectivity index is 1.08. The van der Waals surface area contributed by atoms with E-state index < -0.39 is 0 Å². The molecule has 0 radical (unpaired) electrons. The van der Waals surface area contributed by atoms with Gasteiger partial charge in [-0.2, -0.15) is 0 Å². The van der Waals surface area contributed by atoms with Crippen LogP contribution in [0.2, 0.25) is 0 Å². The van der Waals surface area contributed by atoms with Crippen molar-refractivity contribution in [3.8, 4) is 11.4 Å². The third kappa shape index (κ3) is 5.63. The van der Waals surface area contributed by atoms with Gasteiger partial charge in [-0.3, -0.25) is 4.79 Å².